The Morgan fingerprint density at radius 1 is 1.02 bits per heavy atom. The summed E-state index contributed by atoms with van der Waals surface area (Å²) < 4.78 is 36.3. The van der Waals surface area contributed by atoms with Gasteiger partial charge < -0.3 is 29.6 Å². The summed E-state index contributed by atoms with van der Waals surface area (Å²) in [5.41, 5.74) is 6.10. The molecule has 2 atom stereocenters. The Labute approximate surface area is 241 Å². The van der Waals surface area contributed by atoms with Crippen LogP contribution in [0.1, 0.15) is 55.4 Å². The SMILES string of the molecule is CCc1nc(-c2ccc(OC(CC)c3nc(-c4ccc(C(=O)N[C@H](C)COC(=O)CN)c(F)c4)no3)cc2)no1.Cl. The Bertz CT molecular complexity index is 1460. The average molecular weight is 589 g/mol. The van der Waals surface area contributed by atoms with Crippen molar-refractivity contribution in [3.05, 3.63) is 65.6 Å². The first-order valence-electron chi connectivity index (χ1n) is 12.7. The number of esters is 1. The number of nitrogens with two attached hydrogens (primary N) is 1. The predicted molar refractivity (Wildman–Crippen MR) is 147 cm³/mol. The van der Waals surface area contributed by atoms with Crippen LogP contribution >= 0.6 is 12.4 Å². The molecule has 2 aromatic heterocycles. The second-order valence-corrected chi connectivity index (χ2v) is 8.82. The summed E-state index contributed by atoms with van der Waals surface area (Å²) in [6.07, 6.45) is 0.633. The van der Waals surface area contributed by atoms with Crippen molar-refractivity contribution in [3.8, 4) is 28.5 Å². The van der Waals surface area contributed by atoms with E-state index >= 15 is 0 Å². The molecule has 0 bridgehead atoms. The van der Waals surface area contributed by atoms with Crippen molar-refractivity contribution in [3.63, 3.8) is 0 Å². The van der Waals surface area contributed by atoms with E-state index in [1.807, 2.05) is 26.0 Å². The summed E-state index contributed by atoms with van der Waals surface area (Å²) in [5, 5.41) is 10.5. The Morgan fingerprint density at radius 3 is 2.34 bits per heavy atom. The highest BCUT2D eigenvalue weighted by atomic mass is 35.5. The molecule has 0 spiro atoms. The van der Waals surface area contributed by atoms with Crippen molar-refractivity contribution in [1.29, 1.82) is 0 Å². The van der Waals surface area contributed by atoms with Crippen LogP contribution in [0.4, 0.5) is 4.39 Å². The van der Waals surface area contributed by atoms with Crippen molar-refractivity contribution in [1.82, 2.24) is 25.6 Å². The van der Waals surface area contributed by atoms with Gasteiger partial charge in [0.1, 0.15) is 18.2 Å². The van der Waals surface area contributed by atoms with E-state index in [9.17, 15) is 14.0 Å². The van der Waals surface area contributed by atoms with Gasteiger partial charge in [-0.05, 0) is 49.7 Å². The Morgan fingerprint density at radius 2 is 1.71 bits per heavy atom. The molecule has 4 rings (SSSR count). The minimum Gasteiger partial charge on any atom is -0.481 e. The molecule has 2 aromatic carbocycles. The lowest BCUT2D eigenvalue weighted by Gasteiger charge is -2.14. The molecule has 0 aliphatic carbocycles. The third kappa shape index (κ3) is 7.86. The number of hydrogen-bond acceptors (Lipinski definition) is 11. The lowest BCUT2D eigenvalue weighted by molar-refractivity contribution is -0.142. The topological polar surface area (TPSA) is 168 Å². The summed E-state index contributed by atoms with van der Waals surface area (Å²) in [5.74, 6) is -0.0503. The molecule has 0 saturated carbocycles. The molecule has 0 aliphatic rings. The molecule has 1 amide bonds. The van der Waals surface area contributed by atoms with Crippen LogP contribution < -0.4 is 15.8 Å². The van der Waals surface area contributed by atoms with Crippen LogP contribution in [-0.2, 0) is 16.0 Å². The fourth-order valence-electron chi connectivity index (χ4n) is 3.61. The van der Waals surface area contributed by atoms with Crippen LogP contribution in [0.2, 0.25) is 0 Å². The smallest absolute Gasteiger partial charge is 0.319 e. The molecule has 2 heterocycles. The Kier molecular flexibility index (Phi) is 10.9. The molecule has 1 unspecified atom stereocenters. The number of carbonyl (C=O) groups excluding carboxylic acids is 2. The van der Waals surface area contributed by atoms with E-state index in [-0.39, 0.29) is 42.8 Å². The van der Waals surface area contributed by atoms with Gasteiger partial charge in [0.2, 0.25) is 17.5 Å². The highest BCUT2D eigenvalue weighted by Crippen LogP contribution is 2.28. The van der Waals surface area contributed by atoms with Gasteiger partial charge in [-0.2, -0.15) is 9.97 Å². The minimum absolute atomic E-state index is 0. The van der Waals surface area contributed by atoms with Crippen molar-refractivity contribution in [2.24, 2.45) is 5.73 Å². The number of hydrogen-bond donors (Lipinski definition) is 2. The van der Waals surface area contributed by atoms with Gasteiger partial charge in [-0.3, -0.25) is 9.59 Å². The van der Waals surface area contributed by atoms with Crippen LogP contribution in [0.25, 0.3) is 22.8 Å². The lowest BCUT2D eigenvalue weighted by atomic mass is 10.1. The molecule has 0 aliphatic heterocycles. The molecule has 0 fully saturated rings. The maximum atomic E-state index is 14.8. The first kappa shape index (κ1) is 31.2. The second-order valence-electron chi connectivity index (χ2n) is 8.82. The van der Waals surface area contributed by atoms with Gasteiger partial charge in [0.15, 0.2) is 6.10 Å². The van der Waals surface area contributed by atoms with Crippen LogP contribution in [-0.4, -0.2) is 51.4 Å². The standard InChI is InChI=1S/C27H29FN6O6.ClH/c1-4-21(38-18-9-6-16(7-10-18)24-31-22(5-2)39-33-24)27-32-25(34-40-27)17-8-11-19(20(28)12-17)26(36)30-15(3)14-37-23(35)13-29;/h6-12,15,21H,4-5,13-14,29H2,1-3H3,(H,30,36);1H/t15-,21?;/m1./s1. The minimum atomic E-state index is -0.774. The van der Waals surface area contributed by atoms with Crippen LogP contribution in [0.5, 0.6) is 5.75 Å². The molecule has 12 nitrogen and oxygen atoms in total. The van der Waals surface area contributed by atoms with Crippen molar-refractivity contribution >= 4 is 24.3 Å². The van der Waals surface area contributed by atoms with E-state index in [0.717, 1.165) is 11.6 Å². The van der Waals surface area contributed by atoms with Crippen LogP contribution in [0.15, 0.2) is 51.5 Å². The van der Waals surface area contributed by atoms with Gasteiger partial charge in [-0.1, -0.05) is 30.2 Å². The number of benzene rings is 2. The lowest BCUT2D eigenvalue weighted by Crippen LogP contribution is -2.37. The van der Waals surface area contributed by atoms with Gasteiger partial charge >= 0.3 is 5.97 Å². The monoisotopic (exact) mass is 588 g/mol. The molecule has 3 N–H and O–H groups in total. The van der Waals surface area contributed by atoms with Crippen molar-refractivity contribution in [2.75, 3.05) is 13.2 Å². The predicted octanol–water partition coefficient (Wildman–Crippen LogP) is 4.06. The quantitative estimate of drug-likeness (QED) is 0.229. The van der Waals surface area contributed by atoms with E-state index in [4.69, 9.17) is 24.3 Å². The zero-order valence-electron chi connectivity index (χ0n) is 22.6. The zero-order valence-corrected chi connectivity index (χ0v) is 23.4. The maximum Gasteiger partial charge on any atom is 0.319 e. The molecular weight excluding hydrogens is 559 g/mol. The number of amides is 1. The van der Waals surface area contributed by atoms with E-state index in [0.29, 0.717) is 35.9 Å². The van der Waals surface area contributed by atoms with Crippen molar-refractivity contribution in [2.45, 2.75) is 45.8 Å². The van der Waals surface area contributed by atoms with Gasteiger partial charge in [0.25, 0.3) is 11.8 Å². The number of rotatable bonds is 12. The number of halogens is 2. The van der Waals surface area contributed by atoms with Crippen LogP contribution in [0.3, 0.4) is 0 Å². The number of ether oxygens (including phenoxy) is 2. The number of nitrogens with one attached hydrogen (secondary N) is 1. The number of carbonyl (C=O) groups is 2. The molecule has 0 saturated heterocycles. The summed E-state index contributed by atoms with van der Waals surface area (Å²) in [7, 11) is 0. The first-order valence-corrected chi connectivity index (χ1v) is 12.7. The summed E-state index contributed by atoms with van der Waals surface area (Å²) in [6.45, 7) is 5.10. The Hall–Kier alpha value is -4.36. The van der Waals surface area contributed by atoms with E-state index < -0.39 is 29.8 Å². The normalized spacial score (nSPS) is 12.2. The molecular formula is C27H30ClFN6O6. The maximum absolute atomic E-state index is 14.8. The number of nitrogens with zero attached hydrogens (tertiary/aromatic N) is 4. The summed E-state index contributed by atoms with van der Waals surface area (Å²) in [4.78, 5) is 32.3. The van der Waals surface area contributed by atoms with E-state index in [1.54, 1.807) is 19.1 Å². The largest absolute Gasteiger partial charge is 0.481 e. The molecule has 4 aromatic rings. The molecule has 218 valence electrons. The van der Waals surface area contributed by atoms with Gasteiger partial charge in [-0.25, -0.2) is 4.39 Å². The number of aromatic nitrogens is 4. The average Bonchev–Trinajstić information content (AvgIpc) is 3.65. The third-order valence-electron chi connectivity index (χ3n) is 5.76. The first-order chi connectivity index (χ1) is 19.3. The fraction of sp³-hybridized carbons (Fsp3) is 0.333. The van der Waals surface area contributed by atoms with Gasteiger partial charge in [-0.15, -0.1) is 12.4 Å². The highest BCUT2D eigenvalue weighted by molar-refractivity contribution is 5.95. The van der Waals surface area contributed by atoms with Crippen LogP contribution in [0, 0.1) is 5.82 Å². The van der Waals surface area contributed by atoms with Gasteiger partial charge in [0.05, 0.1) is 18.2 Å². The second kappa shape index (κ2) is 14.3. The molecule has 41 heavy (non-hydrogen) atoms. The highest BCUT2D eigenvalue weighted by Gasteiger charge is 2.22. The summed E-state index contributed by atoms with van der Waals surface area (Å²) in [6, 6.07) is 10.6. The van der Waals surface area contributed by atoms with E-state index in [2.05, 4.69) is 25.6 Å². The number of aryl methyl sites for hydroxylation is 1. The Balaban J connectivity index is 0.00000462. The fourth-order valence-corrected chi connectivity index (χ4v) is 3.61. The van der Waals surface area contributed by atoms with E-state index in [1.165, 1.54) is 12.1 Å². The van der Waals surface area contributed by atoms with Crippen molar-refractivity contribution < 1.29 is 32.5 Å². The summed E-state index contributed by atoms with van der Waals surface area (Å²) >= 11 is 0. The molecule has 14 heteroatoms. The molecule has 0 radical (unpaired) electrons. The zero-order chi connectivity index (χ0) is 28.6. The third-order valence-corrected chi connectivity index (χ3v) is 5.76. The van der Waals surface area contributed by atoms with Gasteiger partial charge in [0, 0.05) is 17.5 Å².